The Morgan fingerprint density at radius 1 is 1.48 bits per heavy atom. The lowest BCUT2D eigenvalue weighted by atomic mass is 10.1. The lowest BCUT2D eigenvalue weighted by molar-refractivity contribution is -0.118. The van der Waals surface area contributed by atoms with Crippen LogP contribution >= 0.6 is 0 Å². The minimum absolute atomic E-state index is 0.427. The van der Waals surface area contributed by atoms with Gasteiger partial charge in [0, 0.05) is 17.7 Å². The maximum Gasteiger partial charge on any atom is 0.262 e. The van der Waals surface area contributed by atoms with Crippen LogP contribution in [0.15, 0.2) is 41.1 Å². The van der Waals surface area contributed by atoms with E-state index in [1.54, 1.807) is 24.3 Å². The molecule has 7 heteroatoms. The summed E-state index contributed by atoms with van der Waals surface area (Å²) in [4.78, 5) is 16.0. The van der Waals surface area contributed by atoms with Crippen molar-refractivity contribution in [1.82, 2.24) is 10.3 Å². The summed E-state index contributed by atoms with van der Waals surface area (Å²) in [6.45, 7) is -0.471. The average Bonchev–Trinajstić information content (AvgIpc) is 3.08. The van der Waals surface area contributed by atoms with E-state index in [0.29, 0.717) is 17.1 Å². The Hall–Kier alpha value is -2.28. The van der Waals surface area contributed by atoms with Gasteiger partial charge >= 0.3 is 0 Å². The molecule has 1 aliphatic rings. The molecule has 1 aromatic carbocycles. The topological polar surface area (TPSA) is 67.2 Å². The molecule has 2 aromatic rings. The Bertz CT molecular complexity index is 643. The van der Waals surface area contributed by atoms with Gasteiger partial charge in [-0.05, 0) is 18.2 Å². The zero-order chi connectivity index (χ0) is 14.9. The van der Waals surface area contributed by atoms with Crippen molar-refractivity contribution in [2.24, 2.45) is 0 Å². The zero-order valence-corrected chi connectivity index (χ0v) is 11.0. The largest absolute Gasteiger partial charge is 0.445 e. The van der Waals surface area contributed by atoms with Crippen molar-refractivity contribution in [3.8, 4) is 11.5 Å². The second-order valence-corrected chi connectivity index (χ2v) is 4.90. The first-order valence-corrected chi connectivity index (χ1v) is 6.45. The molecule has 0 aliphatic carbocycles. The number of carbonyl (C=O) groups excluding carboxylic acids is 1. The number of oxazole rings is 1. The first kappa shape index (κ1) is 13.7. The van der Waals surface area contributed by atoms with Gasteiger partial charge in [0.25, 0.3) is 5.92 Å². The maximum atomic E-state index is 13.1. The Balaban J connectivity index is 1.71. The van der Waals surface area contributed by atoms with E-state index < -0.39 is 30.8 Å². The van der Waals surface area contributed by atoms with Crippen LogP contribution < -0.4 is 10.6 Å². The Morgan fingerprint density at radius 2 is 2.33 bits per heavy atom. The summed E-state index contributed by atoms with van der Waals surface area (Å²) >= 11 is 0. The fourth-order valence-electron chi connectivity index (χ4n) is 2.23. The molecule has 1 aliphatic heterocycles. The highest BCUT2D eigenvalue weighted by atomic mass is 19.3. The van der Waals surface area contributed by atoms with E-state index in [0.717, 1.165) is 0 Å². The molecule has 0 bridgehead atoms. The second-order valence-electron chi connectivity index (χ2n) is 4.90. The van der Waals surface area contributed by atoms with Crippen molar-refractivity contribution in [1.29, 1.82) is 0 Å². The number of hydrogen-bond donors (Lipinski definition) is 2. The van der Waals surface area contributed by atoms with Crippen LogP contribution in [0, 0.1) is 0 Å². The molecule has 0 spiro atoms. The van der Waals surface area contributed by atoms with Gasteiger partial charge in [-0.2, -0.15) is 0 Å². The van der Waals surface area contributed by atoms with Gasteiger partial charge in [0.05, 0.1) is 18.8 Å². The van der Waals surface area contributed by atoms with E-state index in [4.69, 9.17) is 4.42 Å². The first-order chi connectivity index (χ1) is 10.0. The maximum absolute atomic E-state index is 13.1. The highest BCUT2D eigenvalue weighted by molar-refractivity contribution is 5.95. The van der Waals surface area contributed by atoms with Gasteiger partial charge in [-0.15, -0.1) is 0 Å². The first-order valence-electron chi connectivity index (χ1n) is 6.45. The number of nitrogens with zero attached hydrogens (tertiary/aromatic N) is 1. The van der Waals surface area contributed by atoms with Gasteiger partial charge in [0.2, 0.25) is 11.8 Å². The lowest BCUT2D eigenvalue weighted by Gasteiger charge is -2.11. The summed E-state index contributed by atoms with van der Waals surface area (Å²) < 4.78 is 31.3. The van der Waals surface area contributed by atoms with Gasteiger partial charge in [-0.1, -0.05) is 6.07 Å². The summed E-state index contributed by atoms with van der Waals surface area (Å²) in [6.07, 6.45) is 2.48. The van der Waals surface area contributed by atoms with E-state index in [1.165, 1.54) is 12.5 Å². The van der Waals surface area contributed by atoms with Crippen LogP contribution in [-0.4, -0.2) is 29.4 Å². The summed E-state index contributed by atoms with van der Waals surface area (Å²) in [6, 6.07) is 5.98. The fraction of sp³-hybridized carbons (Fsp3) is 0.286. The molecule has 110 valence electrons. The van der Waals surface area contributed by atoms with E-state index in [9.17, 15) is 13.6 Å². The fourth-order valence-corrected chi connectivity index (χ4v) is 2.23. The quantitative estimate of drug-likeness (QED) is 0.911. The van der Waals surface area contributed by atoms with E-state index in [2.05, 4.69) is 15.6 Å². The molecule has 1 unspecified atom stereocenters. The number of nitrogens with one attached hydrogen (secondary N) is 2. The summed E-state index contributed by atoms with van der Waals surface area (Å²) in [5.41, 5.74) is 1.20. The van der Waals surface area contributed by atoms with Crippen molar-refractivity contribution >= 4 is 11.6 Å². The zero-order valence-electron chi connectivity index (χ0n) is 11.0. The second kappa shape index (κ2) is 5.25. The van der Waals surface area contributed by atoms with Crippen molar-refractivity contribution in [3.05, 3.63) is 36.7 Å². The minimum atomic E-state index is -2.83. The molecule has 3 rings (SSSR count). The van der Waals surface area contributed by atoms with Gasteiger partial charge in [0.1, 0.15) is 6.26 Å². The Labute approximate surface area is 119 Å². The van der Waals surface area contributed by atoms with Gasteiger partial charge < -0.3 is 9.73 Å². The predicted octanol–water partition coefficient (Wildman–Crippen LogP) is 2.28. The molecule has 1 fully saturated rings. The third-order valence-electron chi connectivity index (χ3n) is 3.24. The molecule has 21 heavy (non-hydrogen) atoms. The van der Waals surface area contributed by atoms with Crippen LogP contribution in [0.4, 0.5) is 14.5 Å². The molecule has 1 aromatic heterocycles. The normalized spacial score (nSPS) is 20.4. The molecule has 0 radical (unpaired) electrons. The number of halogens is 2. The van der Waals surface area contributed by atoms with Crippen molar-refractivity contribution in [2.75, 3.05) is 11.9 Å². The van der Waals surface area contributed by atoms with E-state index >= 15 is 0 Å². The average molecular weight is 293 g/mol. The summed E-state index contributed by atoms with van der Waals surface area (Å²) in [7, 11) is 0. The molecule has 1 saturated heterocycles. The number of anilines is 1. The molecule has 2 heterocycles. The number of carbonyl (C=O) groups is 1. The SMILES string of the molecule is O=C(Nc1cccc(-c2ncco2)c1)C1CC(F)(F)CN1. The molecular formula is C14H13F2N3O2. The Kier molecular flexibility index (Phi) is 3.42. The molecule has 5 nitrogen and oxygen atoms in total. The van der Waals surface area contributed by atoms with Crippen LogP contribution in [0.3, 0.4) is 0 Å². The summed E-state index contributed by atoms with van der Waals surface area (Å²) in [5, 5.41) is 5.14. The highest BCUT2D eigenvalue weighted by Gasteiger charge is 2.42. The van der Waals surface area contributed by atoms with Crippen molar-refractivity contribution in [3.63, 3.8) is 0 Å². The monoisotopic (exact) mass is 293 g/mol. The highest BCUT2D eigenvalue weighted by Crippen LogP contribution is 2.26. The van der Waals surface area contributed by atoms with Gasteiger partial charge in [-0.25, -0.2) is 13.8 Å². The van der Waals surface area contributed by atoms with Gasteiger partial charge in [0.15, 0.2) is 0 Å². The number of hydrogen-bond acceptors (Lipinski definition) is 4. The molecular weight excluding hydrogens is 280 g/mol. The van der Waals surface area contributed by atoms with E-state index in [-0.39, 0.29) is 0 Å². The minimum Gasteiger partial charge on any atom is -0.445 e. The molecule has 0 saturated carbocycles. The Morgan fingerprint density at radius 3 is 3.00 bits per heavy atom. The number of amides is 1. The molecule has 1 amide bonds. The number of rotatable bonds is 3. The van der Waals surface area contributed by atoms with Crippen LogP contribution in [0.5, 0.6) is 0 Å². The van der Waals surface area contributed by atoms with Crippen LogP contribution in [0.25, 0.3) is 11.5 Å². The number of benzene rings is 1. The lowest BCUT2D eigenvalue weighted by Crippen LogP contribution is -2.35. The van der Waals surface area contributed by atoms with Crippen LogP contribution in [0.2, 0.25) is 0 Å². The smallest absolute Gasteiger partial charge is 0.262 e. The van der Waals surface area contributed by atoms with E-state index in [1.807, 2.05) is 0 Å². The molecule has 1 atom stereocenters. The summed E-state index contributed by atoms with van der Waals surface area (Å²) in [5.74, 6) is -2.88. The van der Waals surface area contributed by atoms with Crippen LogP contribution in [0.1, 0.15) is 6.42 Å². The molecule has 2 N–H and O–H groups in total. The standard InChI is InChI=1S/C14H13F2N3O2/c15-14(16)7-11(18-8-14)12(20)19-10-3-1-2-9(6-10)13-17-4-5-21-13/h1-6,11,18H,7-8H2,(H,19,20). The third-order valence-corrected chi connectivity index (χ3v) is 3.24. The number of aromatic nitrogens is 1. The van der Waals surface area contributed by atoms with Crippen molar-refractivity contribution in [2.45, 2.75) is 18.4 Å². The van der Waals surface area contributed by atoms with Crippen LogP contribution in [-0.2, 0) is 4.79 Å². The van der Waals surface area contributed by atoms with Gasteiger partial charge in [-0.3, -0.25) is 10.1 Å². The number of alkyl halides is 2. The van der Waals surface area contributed by atoms with Crippen molar-refractivity contribution < 1.29 is 18.0 Å². The third kappa shape index (κ3) is 3.08. The predicted molar refractivity (Wildman–Crippen MR) is 71.9 cm³/mol.